The molecule has 190 valence electrons. The molecule has 7 heteroatoms. The van der Waals surface area contributed by atoms with E-state index in [9.17, 15) is 14.0 Å². The number of carbonyl (C=O) groups is 2. The van der Waals surface area contributed by atoms with Gasteiger partial charge in [0.15, 0.2) is 6.61 Å². The summed E-state index contributed by atoms with van der Waals surface area (Å²) in [5.41, 5.74) is 2.13. The normalized spacial score (nSPS) is 12.1. The number of rotatable bonds is 9. The summed E-state index contributed by atoms with van der Waals surface area (Å²) in [5, 5.41) is 3.02. The van der Waals surface area contributed by atoms with Gasteiger partial charge in [-0.2, -0.15) is 0 Å². The molecule has 1 unspecified atom stereocenters. The van der Waals surface area contributed by atoms with Crippen molar-refractivity contribution < 1.29 is 18.7 Å². The number of carbonyl (C=O) groups excluding carboxylic acids is 2. The number of amides is 2. The smallest absolute Gasteiger partial charge is 0.261 e. The zero-order valence-corrected chi connectivity index (χ0v) is 22.6. The average molecular weight is 555 g/mol. The Labute approximate surface area is 220 Å². The largest absolute Gasteiger partial charge is 0.484 e. The quantitative estimate of drug-likeness (QED) is 0.362. The first-order valence-corrected chi connectivity index (χ1v) is 12.6. The van der Waals surface area contributed by atoms with Crippen molar-refractivity contribution in [1.29, 1.82) is 0 Å². The topological polar surface area (TPSA) is 58.6 Å². The molecule has 3 rings (SSSR count). The Morgan fingerprint density at radius 1 is 1.00 bits per heavy atom. The van der Waals surface area contributed by atoms with Gasteiger partial charge in [-0.15, -0.1) is 0 Å². The first-order valence-electron chi connectivity index (χ1n) is 11.8. The van der Waals surface area contributed by atoms with Crippen molar-refractivity contribution >= 4 is 27.7 Å². The van der Waals surface area contributed by atoms with E-state index in [2.05, 4.69) is 21.2 Å². The molecule has 0 saturated carbocycles. The van der Waals surface area contributed by atoms with Crippen LogP contribution < -0.4 is 10.1 Å². The third-order valence-corrected chi connectivity index (χ3v) is 6.42. The van der Waals surface area contributed by atoms with Crippen molar-refractivity contribution in [2.45, 2.75) is 52.2 Å². The standard InChI is InChI=1S/C29H32BrFN2O3/c1-20-16-24(14-15-25(20)30)36-19-27(34)33(18-22-10-12-23(31)13-11-22)26(28(35)32-29(2,3)4)17-21-8-6-5-7-9-21/h5-16,26H,17-19H2,1-4H3,(H,32,35). The van der Waals surface area contributed by atoms with Gasteiger partial charge in [0.2, 0.25) is 5.91 Å². The lowest BCUT2D eigenvalue weighted by Crippen LogP contribution is -2.55. The molecule has 3 aromatic rings. The summed E-state index contributed by atoms with van der Waals surface area (Å²) < 4.78 is 20.3. The molecule has 0 aliphatic heterocycles. The molecule has 0 fully saturated rings. The minimum absolute atomic E-state index is 0.136. The average Bonchev–Trinajstić information content (AvgIpc) is 2.82. The second-order valence-electron chi connectivity index (χ2n) is 9.79. The van der Waals surface area contributed by atoms with Crippen molar-refractivity contribution in [2.75, 3.05) is 6.61 Å². The highest BCUT2D eigenvalue weighted by Gasteiger charge is 2.32. The Morgan fingerprint density at radius 3 is 2.28 bits per heavy atom. The minimum atomic E-state index is -0.792. The van der Waals surface area contributed by atoms with E-state index in [-0.39, 0.29) is 30.8 Å². The summed E-state index contributed by atoms with van der Waals surface area (Å²) in [6.07, 6.45) is 0.326. The van der Waals surface area contributed by atoms with Crippen LogP contribution in [0.5, 0.6) is 5.75 Å². The van der Waals surface area contributed by atoms with Crippen LogP contribution >= 0.6 is 15.9 Å². The SMILES string of the molecule is Cc1cc(OCC(=O)N(Cc2ccc(F)cc2)C(Cc2ccccc2)C(=O)NC(C)(C)C)ccc1Br. The second-order valence-corrected chi connectivity index (χ2v) is 10.6. The summed E-state index contributed by atoms with van der Waals surface area (Å²) in [7, 11) is 0. The van der Waals surface area contributed by atoms with Crippen molar-refractivity contribution in [3.63, 3.8) is 0 Å². The first kappa shape index (κ1) is 27.4. The van der Waals surface area contributed by atoms with Crippen LogP contribution in [0.3, 0.4) is 0 Å². The fraction of sp³-hybridized carbons (Fsp3) is 0.310. The monoisotopic (exact) mass is 554 g/mol. The van der Waals surface area contributed by atoms with E-state index in [1.807, 2.05) is 70.2 Å². The van der Waals surface area contributed by atoms with Gasteiger partial charge >= 0.3 is 0 Å². The maximum atomic E-state index is 13.6. The number of nitrogens with one attached hydrogen (secondary N) is 1. The van der Waals surface area contributed by atoms with Gasteiger partial charge in [-0.05, 0) is 74.7 Å². The molecular weight excluding hydrogens is 523 g/mol. The Balaban J connectivity index is 1.92. The molecule has 0 heterocycles. The lowest BCUT2D eigenvalue weighted by atomic mass is 10.0. The molecule has 0 radical (unpaired) electrons. The van der Waals surface area contributed by atoms with Gasteiger partial charge in [0.25, 0.3) is 5.91 Å². The predicted octanol–water partition coefficient (Wildman–Crippen LogP) is 5.83. The van der Waals surface area contributed by atoms with Gasteiger partial charge in [0, 0.05) is 23.0 Å². The number of hydrogen-bond acceptors (Lipinski definition) is 3. The fourth-order valence-electron chi connectivity index (χ4n) is 3.73. The first-order chi connectivity index (χ1) is 17.0. The third kappa shape index (κ3) is 8.19. The van der Waals surface area contributed by atoms with Gasteiger partial charge in [0.1, 0.15) is 17.6 Å². The molecule has 0 aliphatic rings. The van der Waals surface area contributed by atoms with E-state index in [0.717, 1.165) is 15.6 Å². The molecule has 0 aliphatic carbocycles. The molecular formula is C29H32BrFN2O3. The molecule has 36 heavy (non-hydrogen) atoms. The zero-order valence-electron chi connectivity index (χ0n) is 21.1. The number of ether oxygens (including phenoxy) is 1. The van der Waals surface area contributed by atoms with E-state index >= 15 is 0 Å². The van der Waals surface area contributed by atoms with Gasteiger partial charge in [-0.25, -0.2) is 4.39 Å². The zero-order chi connectivity index (χ0) is 26.3. The van der Waals surface area contributed by atoms with Crippen molar-refractivity contribution in [1.82, 2.24) is 10.2 Å². The Hall–Kier alpha value is -3.19. The predicted molar refractivity (Wildman–Crippen MR) is 143 cm³/mol. The Bertz CT molecular complexity index is 1180. The highest BCUT2D eigenvalue weighted by molar-refractivity contribution is 9.10. The van der Waals surface area contributed by atoms with Crippen LogP contribution in [0, 0.1) is 12.7 Å². The number of halogens is 2. The van der Waals surface area contributed by atoms with Crippen LogP contribution in [-0.4, -0.2) is 34.9 Å². The van der Waals surface area contributed by atoms with Crippen molar-refractivity contribution in [2.24, 2.45) is 0 Å². The molecule has 0 aromatic heterocycles. The van der Waals surface area contributed by atoms with Crippen LogP contribution in [0.25, 0.3) is 0 Å². The maximum Gasteiger partial charge on any atom is 0.261 e. The summed E-state index contributed by atoms with van der Waals surface area (Å²) >= 11 is 3.46. The van der Waals surface area contributed by atoms with Crippen molar-refractivity contribution in [3.8, 4) is 5.75 Å². The second kappa shape index (κ2) is 12.2. The molecule has 0 spiro atoms. The Morgan fingerprint density at radius 2 is 1.67 bits per heavy atom. The number of nitrogens with zero attached hydrogens (tertiary/aromatic N) is 1. The summed E-state index contributed by atoms with van der Waals surface area (Å²) in [5.74, 6) is -0.410. The van der Waals surface area contributed by atoms with Crippen LogP contribution in [0.15, 0.2) is 77.3 Å². The van der Waals surface area contributed by atoms with E-state index in [1.165, 1.54) is 17.0 Å². The lowest BCUT2D eigenvalue weighted by molar-refractivity contribution is -0.143. The molecule has 1 atom stereocenters. The fourth-order valence-corrected chi connectivity index (χ4v) is 3.97. The van der Waals surface area contributed by atoms with Gasteiger partial charge in [-0.3, -0.25) is 9.59 Å². The number of aryl methyl sites for hydroxylation is 1. The number of benzene rings is 3. The summed E-state index contributed by atoms with van der Waals surface area (Å²) in [6.45, 7) is 7.53. The van der Waals surface area contributed by atoms with E-state index in [0.29, 0.717) is 17.7 Å². The van der Waals surface area contributed by atoms with E-state index in [4.69, 9.17) is 4.74 Å². The van der Waals surface area contributed by atoms with Gasteiger partial charge < -0.3 is 15.0 Å². The number of hydrogen-bond donors (Lipinski definition) is 1. The van der Waals surface area contributed by atoms with Crippen LogP contribution in [0.4, 0.5) is 4.39 Å². The molecule has 5 nitrogen and oxygen atoms in total. The van der Waals surface area contributed by atoms with E-state index < -0.39 is 11.6 Å². The van der Waals surface area contributed by atoms with E-state index in [1.54, 1.807) is 18.2 Å². The summed E-state index contributed by atoms with van der Waals surface area (Å²) in [4.78, 5) is 28.6. The summed E-state index contributed by atoms with van der Waals surface area (Å²) in [6, 6.07) is 20.2. The van der Waals surface area contributed by atoms with Crippen molar-refractivity contribution in [3.05, 3.63) is 99.8 Å². The van der Waals surface area contributed by atoms with Gasteiger partial charge in [0.05, 0.1) is 0 Å². The van der Waals surface area contributed by atoms with Crippen LogP contribution in [-0.2, 0) is 22.6 Å². The molecule has 3 aromatic carbocycles. The molecule has 1 N–H and O–H groups in total. The Kier molecular flexibility index (Phi) is 9.26. The molecule has 2 amide bonds. The highest BCUT2D eigenvalue weighted by atomic mass is 79.9. The molecule has 0 saturated heterocycles. The minimum Gasteiger partial charge on any atom is -0.484 e. The van der Waals surface area contributed by atoms with Gasteiger partial charge in [-0.1, -0.05) is 58.4 Å². The molecule has 0 bridgehead atoms. The van der Waals surface area contributed by atoms with Crippen LogP contribution in [0.2, 0.25) is 0 Å². The maximum absolute atomic E-state index is 13.6. The lowest BCUT2D eigenvalue weighted by Gasteiger charge is -2.33. The van der Waals surface area contributed by atoms with Crippen LogP contribution in [0.1, 0.15) is 37.5 Å². The highest BCUT2D eigenvalue weighted by Crippen LogP contribution is 2.22. The third-order valence-electron chi connectivity index (χ3n) is 5.53.